The van der Waals surface area contributed by atoms with Crippen LogP contribution in [0.4, 0.5) is 5.82 Å². The molecular weight excluding hydrogens is 398 g/mol. The molecule has 10 heteroatoms. The van der Waals surface area contributed by atoms with E-state index in [-0.39, 0.29) is 0 Å². The summed E-state index contributed by atoms with van der Waals surface area (Å²) in [6.07, 6.45) is 2.39. The van der Waals surface area contributed by atoms with Gasteiger partial charge in [0.15, 0.2) is 0 Å². The van der Waals surface area contributed by atoms with Crippen LogP contribution in [0.5, 0.6) is 0 Å². The normalized spacial score (nSPS) is 15.9. The summed E-state index contributed by atoms with van der Waals surface area (Å²) < 4.78 is 33.1. The minimum atomic E-state index is -3.57. The first-order valence-electron chi connectivity index (χ1n) is 9.08. The Morgan fingerprint density at radius 3 is 2.64 bits per heavy atom. The number of piperazine rings is 1. The number of pyridine rings is 1. The van der Waals surface area contributed by atoms with Crippen LogP contribution in [0.3, 0.4) is 0 Å². The van der Waals surface area contributed by atoms with Crippen molar-refractivity contribution in [3.8, 4) is 10.7 Å². The molecule has 1 saturated heterocycles. The van der Waals surface area contributed by atoms with Gasteiger partial charge >= 0.3 is 0 Å². The van der Waals surface area contributed by atoms with E-state index in [1.54, 1.807) is 16.6 Å². The van der Waals surface area contributed by atoms with Gasteiger partial charge in [-0.05, 0) is 25.1 Å². The molecule has 148 valence electrons. The molecule has 4 rings (SSSR count). The van der Waals surface area contributed by atoms with Gasteiger partial charge in [0.05, 0.1) is 9.77 Å². The van der Waals surface area contributed by atoms with Gasteiger partial charge < -0.3 is 9.42 Å². The number of nitrogens with zero attached hydrogens (tertiary/aromatic N) is 5. The molecule has 4 heterocycles. The van der Waals surface area contributed by atoms with Gasteiger partial charge in [-0.1, -0.05) is 18.1 Å². The fraction of sp³-hybridized carbons (Fsp3) is 0.389. The second-order valence-corrected chi connectivity index (χ2v) is 9.64. The van der Waals surface area contributed by atoms with Crippen molar-refractivity contribution in [1.29, 1.82) is 0 Å². The fourth-order valence-corrected chi connectivity index (χ4v) is 6.08. The molecule has 0 aliphatic carbocycles. The minimum absolute atomic E-state index is 0.321. The number of anilines is 1. The van der Waals surface area contributed by atoms with Crippen molar-refractivity contribution in [3.63, 3.8) is 0 Å². The predicted molar refractivity (Wildman–Crippen MR) is 107 cm³/mol. The summed E-state index contributed by atoms with van der Waals surface area (Å²) in [5.41, 5.74) is 0. The van der Waals surface area contributed by atoms with Crippen LogP contribution in [0.25, 0.3) is 10.7 Å². The predicted octanol–water partition coefficient (Wildman–Crippen LogP) is 2.57. The van der Waals surface area contributed by atoms with E-state index >= 15 is 0 Å². The summed E-state index contributed by atoms with van der Waals surface area (Å²) in [5, 5.41) is 3.95. The third-order valence-electron chi connectivity index (χ3n) is 4.69. The topological polar surface area (TPSA) is 92.4 Å². The van der Waals surface area contributed by atoms with Crippen molar-refractivity contribution in [2.45, 2.75) is 25.2 Å². The summed E-state index contributed by atoms with van der Waals surface area (Å²) in [7, 11) is -3.57. The molecule has 0 atom stereocenters. The molecule has 0 aromatic carbocycles. The Morgan fingerprint density at radius 2 is 2.00 bits per heavy atom. The summed E-state index contributed by atoms with van der Waals surface area (Å²) in [6.45, 7) is 5.80. The molecule has 1 aliphatic heterocycles. The standard InChI is InChI=1S/C18H21N5O3S2/c1-3-17-20-18(21-26-17)14-12-15(13(2)27-14)28(24,25)23-10-8-22(9-11-23)16-6-4-5-7-19-16/h4-7,12H,3,8-11H2,1-2H3. The van der Waals surface area contributed by atoms with Crippen LogP contribution in [0, 0.1) is 6.92 Å². The highest BCUT2D eigenvalue weighted by molar-refractivity contribution is 7.89. The lowest BCUT2D eigenvalue weighted by atomic mass is 10.3. The maximum absolute atomic E-state index is 13.2. The van der Waals surface area contributed by atoms with E-state index in [1.165, 1.54) is 11.3 Å². The van der Waals surface area contributed by atoms with Crippen molar-refractivity contribution in [1.82, 2.24) is 19.4 Å². The Hall–Kier alpha value is -2.30. The van der Waals surface area contributed by atoms with Gasteiger partial charge in [-0.3, -0.25) is 0 Å². The van der Waals surface area contributed by atoms with Gasteiger partial charge in [0.1, 0.15) is 5.82 Å². The van der Waals surface area contributed by atoms with E-state index in [0.717, 1.165) is 10.7 Å². The molecular formula is C18H21N5O3S2. The third-order valence-corrected chi connectivity index (χ3v) is 7.89. The number of sulfonamides is 1. The second kappa shape index (κ2) is 7.61. The number of hydrogen-bond acceptors (Lipinski definition) is 8. The van der Waals surface area contributed by atoms with Crippen LogP contribution in [0.1, 0.15) is 17.7 Å². The molecule has 0 bridgehead atoms. The number of hydrogen-bond donors (Lipinski definition) is 0. The molecule has 0 unspecified atom stereocenters. The summed E-state index contributed by atoms with van der Waals surface area (Å²) in [4.78, 5) is 12.5. The maximum atomic E-state index is 13.2. The minimum Gasteiger partial charge on any atom is -0.354 e. The quantitative estimate of drug-likeness (QED) is 0.627. The van der Waals surface area contributed by atoms with Crippen molar-refractivity contribution in [3.05, 3.63) is 41.2 Å². The van der Waals surface area contributed by atoms with E-state index in [1.807, 2.05) is 32.0 Å². The number of aromatic nitrogens is 3. The number of thiophene rings is 1. The number of aryl methyl sites for hydroxylation is 2. The molecule has 0 N–H and O–H groups in total. The Morgan fingerprint density at radius 1 is 1.21 bits per heavy atom. The molecule has 0 saturated carbocycles. The first-order valence-corrected chi connectivity index (χ1v) is 11.3. The SMILES string of the molecule is CCc1nc(-c2cc(S(=O)(=O)N3CCN(c4ccccn4)CC3)c(C)s2)no1. The molecule has 28 heavy (non-hydrogen) atoms. The van der Waals surface area contributed by atoms with Crippen LogP contribution in [-0.4, -0.2) is 54.0 Å². The molecule has 1 aliphatic rings. The molecule has 3 aromatic heterocycles. The van der Waals surface area contributed by atoms with Crippen molar-refractivity contribution < 1.29 is 12.9 Å². The smallest absolute Gasteiger partial charge is 0.244 e. The Balaban J connectivity index is 1.53. The monoisotopic (exact) mass is 419 g/mol. The van der Waals surface area contributed by atoms with Crippen molar-refractivity contribution in [2.75, 3.05) is 31.1 Å². The summed E-state index contributed by atoms with van der Waals surface area (Å²) in [5.74, 6) is 1.85. The zero-order valence-electron chi connectivity index (χ0n) is 15.7. The largest absolute Gasteiger partial charge is 0.354 e. The Labute approximate surface area is 167 Å². The molecule has 0 radical (unpaired) electrons. The van der Waals surface area contributed by atoms with Gasteiger partial charge in [-0.15, -0.1) is 11.3 Å². The van der Waals surface area contributed by atoms with Crippen molar-refractivity contribution >= 4 is 27.2 Å². The van der Waals surface area contributed by atoms with Gasteiger partial charge in [0.25, 0.3) is 0 Å². The highest BCUT2D eigenvalue weighted by Crippen LogP contribution is 2.34. The zero-order chi connectivity index (χ0) is 19.7. The summed E-state index contributed by atoms with van der Waals surface area (Å²) in [6, 6.07) is 7.40. The van der Waals surface area contributed by atoms with Crippen LogP contribution in [0.2, 0.25) is 0 Å². The van der Waals surface area contributed by atoms with Crippen LogP contribution in [0.15, 0.2) is 39.9 Å². The van der Waals surface area contributed by atoms with Crippen LogP contribution in [-0.2, 0) is 16.4 Å². The van der Waals surface area contributed by atoms with Crippen molar-refractivity contribution in [2.24, 2.45) is 0 Å². The lowest BCUT2D eigenvalue weighted by Gasteiger charge is -2.34. The molecule has 8 nitrogen and oxygen atoms in total. The summed E-state index contributed by atoms with van der Waals surface area (Å²) >= 11 is 1.37. The van der Waals surface area contributed by atoms with E-state index in [2.05, 4.69) is 20.0 Å². The van der Waals surface area contributed by atoms with E-state index in [0.29, 0.717) is 54.1 Å². The first-order chi connectivity index (χ1) is 13.5. The Kier molecular flexibility index (Phi) is 5.17. The zero-order valence-corrected chi connectivity index (χ0v) is 17.3. The average molecular weight is 420 g/mol. The molecule has 3 aromatic rings. The molecule has 0 amide bonds. The lowest BCUT2D eigenvalue weighted by molar-refractivity contribution is 0.382. The maximum Gasteiger partial charge on any atom is 0.244 e. The van der Waals surface area contributed by atoms with Crippen LogP contribution < -0.4 is 4.90 Å². The van der Waals surface area contributed by atoms with Gasteiger partial charge in [-0.25, -0.2) is 13.4 Å². The van der Waals surface area contributed by atoms with Gasteiger partial charge in [0, 0.05) is 43.7 Å². The average Bonchev–Trinajstić information content (AvgIpc) is 3.35. The highest BCUT2D eigenvalue weighted by Gasteiger charge is 2.31. The lowest BCUT2D eigenvalue weighted by Crippen LogP contribution is -2.48. The van der Waals surface area contributed by atoms with E-state index in [9.17, 15) is 8.42 Å². The first kappa shape index (κ1) is 19.0. The molecule has 0 spiro atoms. The molecule has 1 fully saturated rings. The van der Waals surface area contributed by atoms with Gasteiger partial charge in [-0.2, -0.15) is 9.29 Å². The van der Waals surface area contributed by atoms with Crippen LogP contribution >= 0.6 is 11.3 Å². The number of rotatable bonds is 5. The third kappa shape index (κ3) is 3.54. The second-order valence-electron chi connectivity index (χ2n) is 6.48. The van der Waals surface area contributed by atoms with E-state index < -0.39 is 10.0 Å². The fourth-order valence-electron chi connectivity index (χ4n) is 3.17. The van der Waals surface area contributed by atoms with E-state index in [4.69, 9.17) is 4.52 Å². The Bertz CT molecular complexity index is 1050. The highest BCUT2D eigenvalue weighted by atomic mass is 32.2. The van der Waals surface area contributed by atoms with Gasteiger partial charge in [0.2, 0.25) is 21.7 Å².